The third-order valence-electron chi connectivity index (χ3n) is 3.57. The molecule has 0 aromatic heterocycles. The smallest absolute Gasteiger partial charge is 0.288 e. The highest BCUT2D eigenvalue weighted by molar-refractivity contribution is 9.10. The molecule has 1 heterocycles. The van der Waals surface area contributed by atoms with Crippen molar-refractivity contribution in [1.29, 1.82) is 0 Å². The number of halogens is 3. The van der Waals surface area contributed by atoms with Gasteiger partial charge < -0.3 is 5.32 Å². The van der Waals surface area contributed by atoms with E-state index in [1.807, 2.05) is 24.3 Å². The quantitative estimate of drug-likeness (QED) is 0.370. The number of rotatable bonds is 6. The van der Waals surface area contributed by atoms with E-state index in [4.69, 9.17) is 0 Å². The van der Waals surface area contributed by atoms with Gasteiger partial charge >= 0.3 is 0 Å². The van der Waals surface area contributed by atoms with Crippen molar-refractivity contribution in [3.63, 3.8) is 0 Å². The van der Waals surface area contributed by atoms with Crippen LogP contribution in [0.2, 0.25) is 0 Å². The van der Waals surface area contributed by atoms with E-state index in [1.165, 1.54) is 11.8 Å². The highest BCUT2D eigenvalue weighted by atomic mass is 79.9. The number of hydrogen-bond donors (Lipinski definition) is 1. The molecule has 0 radical (unpaired) electrons. The number of amidine groups is 1. The topological polar surface area (TPSA) is 53.8 Å². The standard InChI is InChI=1S/C18H14BrF2N3OS2/c19-13-5-1-12(2-6-13)10-22-24-18-23-16(25)15(27-18)9-11-3-7-14(8-4-11)26-17(20)21/h1-8,10,15,17H,9H2,(H,23,24,25)/b22-10-/t15-/m1/s1. The molecule has 27 heavy (non-hydrogen) atoms. The fourth-order valence-electron chi connectivity index (χ4n) is 2.30. The predicted molar refractivity (Wildman–Crippen MR) is 111 cm³/mol. The van der Waals surface area contributed by atoms with Crippen molar-refractivity contribution in [2.24, 2.45) is 10.2 Å². The van der Waals surface area contributed by atoms with Gasteiger partial charge in [0.05, 0.1) is 11.5 Å². The maximum atomic E-state index is 12.4. The first-order valence-electron chi connectivity index (χ1n) is 7.87. The van der Waals surface area contributed by atoms with Gasteiger partial charge in [-0.2, -0.15) is 13.9 Å². The minimum atomic E-state index is -2.44. The van der Waals surface area contributed by atoms with Gasteiger partial charge in [-0.05, 0) is 41.8 Å². The summed E-state index contributed by atoms with van der Waals surface area (Å²) in [6, 6.07) is 14.4. The van der Waals surface area contributed by atoms with E-state index in [0.29, 0.717) is 28.2 Å². The van der Waals surface area contributed by atoms with Crippen LogP contribution in [0.5, 0.6) is 0 Å². The van der Waals surface area contributed by atoms with E-state index in [9.17, 15) is 13.6 Å². The Hall–Kier alpha value is -1.71. The molecule has 1 saturated heterocycles. The zero-order valence-electron chi connectivity index (χ0n) is 13.8. The number of amides is 1. The number of hydrogen-bond acceptors (Lipinski definition) is 5. The second-order valence-electron chi connectivity index (χ2n) is 5.52. The number of carbonyl (C=O) groups excluding carboxylic acids is 1. The van der Waals surface area contributed by atoms with Crippen LogP contribution in [-0.4, -0.2) is 28.3 Å². The molecule has 0 aliphatic carbocycles. The van der Waals surface area contributed by atoms with Crippen molar-refractivity contribution in [2.75, 3.05) is 0 Å². The molecule has 1 atom stereocenters. The summed E-state index contributed by atoms with van der Waals surface area (Å²) in [4.78, 5) is 12.6. The van der Waals surface area contributed by atoms with Crippen molar-refractivity contribution < 1.29 is 13.6 Å². The van der Waals surface area contributed by atoms with Crippen molar-refractivity contribution in [3.8, 4) is 0 Å². The summed E-state index contributed by atoms with van der Waals surface area (Å²) >= 11 is 5.18. The Balaban J connectivity index is 1.57. The molecule has 0 spiro atoms. The molecular weight excluding hydrogens is 456 g/mol. The number of thioether (sulfide) groups is 2. The molecule has 1 fully saturated rings. The molecule has 0 unspecified atom stereocenters. The van der Waals surface area contributed by atoms with Crippen LogP contribution in [0, 0.1) is 0 Å². The molecule has 1 N–H and O–H groups in total. The molecule has 0 bridgehead atoms. The van der Waals surface area contributed by atoms with E-state index < -0.39 is 5.76 Å². The number of benzene rings is 2. The van der Waals surface area contributed by atoms with Gasteiger partial charge in [-0.25, -0.2) is 0 Å². The van der Waals surface area contributed by atoms with Gasteiger partial charge in [-0.3, -0.25) is 4.79 Å². The molecule has 4 nitrogen and oxygen atoms in total. The van der Waals surface area contributed by atoms with E-state index >= 15 is 0 Å². The molecule has 1 aliphatic heterocycles. The van der Waals surface area contributed by atoms with Gasteiger partial charge in [0.2, 0.25) is 5.91 Å². The largest absolute Gasteiger partial charge is 0.303 e. The minimum absolute atomic E-state index is 0.136. The molecule has 1 amide bonds. The molecule has 9 heteroatoms. The van der Waals surface area contributed by atoms with Gasteiger partial charge in [0.15, 0.2) is 5.17 Å². The number of alkyl halides is 2. The Kier molecular flexibility index (Phi) is 7.03. The summed E-state index contributed by atoms with van der Waals surface area (Å²) in [5.74, 6) is -2.58. The molecule has 0 saturated carbocycles. The first-order valence-corrected chi connectivity index (χ1v) is 10.4. The lowest BCUT2D eigenvalue weighted by molar-refractivity contribution is -0.118. The molecule has 2 aromatic carbocycles. The zero-order valence-corrected chi connectivity index (χ0v) is 17.0. The number of nitrogens with one attached hydrogen (secondary N) is 1. The lowest BCUT2D eigenvalue weighted by atomic mass is 10.1. The Bertz CT molecular complexity index is 858. The summed E-state index contributed by atoms with van der Waals surface area (Å²) in [6.07, 6.45) is 2.10. The maximum Gasteiger partial charge on any atom is 0.288 e. The van der Waals surface area contributed by atoms with E-state index in [0.717, 1.165) is 15.6 Å². The summed E-state index contributed by atoms with van der Waals surface area (Å²) < 4.78 is 25.7. The van der Waals surface area contributed by atoms with Gasteiger partial charge in [0.25, 0.3) is 5.76 Å². The van der Waals surface area contributed by atoms with Crippen LogP contribution < -0.4 is 5.32 Å². The summed E-state index contributed by atoms with van der Waals surface area (Å²) in [5.41, 5.74) is 1.80. The lowest BCUT2D eigenvalue weighted by Gasteiger charge is -2.06. The van der Waals surface area contributed by atoms with Crippen LogP contribution >= 0.6 is 39.5 Å². The van der Waals surface area contributed by atoms with Crippen LogP contribution in [-0.2, 0) is 11.2 Å². The monoisotopic (exact) mass is 469 g/mol. The molecule has 3 rings (SSSR count). The number of carbonyl (C=O) groups is 1. The molecule has 140 valence electrons. The van der Waals surface area contributed by atoms with Gasteiger partial charge in [-0.15, -0.1) is 5.10 Å². The van der Waals surface area contributed by atoms with Gasteiger partial charge in [-0.1, -0.05) is 63.7 Å². The average Bonchev–Trinajstić information content (AvgIpc) is 2.97. The predicted octanol–water partition coefficient (Wildman–Crippen LogP) is 4.93. The van der Waals surface area contributed by atoms with E-state index in [-0.39, 0.29) is 11.2 Å². The SMILES string of the molecule is O=C1N/C(=N/N=C\c2ccc(Br)cc2)S[C@@H]1Cc1ccc(SC(F)F)cc1. The summed E-state index contributed by atoms with van der Waals surface area (Å²) in [5, 5.41) is 10.9. The highest BCUT2D eigenvalue weighted by Crippen LogP contribution is 2.27. The third kappa shape index (κ3) is 6.15. The second kappa shape index (κ2) is 9.48. The van der Waals surface area contributed by atoms with Crippen LogP contribution in [0.25, 0.3) is 0 Å². The van der Waals surface area contributed by atoms with Gasteiger partial charge in [0, 0.05) is 9.37 Å². The Morgan fingerprint density at radius 2 is 1.89 bits per heavy atom. The van der Waals surface area contributed by atoms with E-state index in [1.54, 1.807) is 30.5 Å². The molecular formula is C18H14BrF2N3OS2. The maximum absolute atomic E-state index is 12.4. The molecule has 1 aliphatic rings. The van der Waals surface area contributed by atoms with Crippen molar-refractivity contribution in [2.45, 2.75) is 22.3 Å². The number of nitrogens with zero attached hydrogens (tertiary/aromatic N) is 2. The van der Waals surface area contributed by atoms with Crippen LogP contribution in [0.15, 0.2) is 68.1 Å². The first kappa shape index (κ1) is 20.0. The van der Waals surface area contributed by atoms with Crippen molar-refractivity contribution >= 4 is 56.7 Å². The van der Waals surface area contributed by atoms with Crippen LogP contribution in [0.3, 0.4) is 0 Å². The summed E-state index contributed by atoms with van der Waals surface area (Å²) in [6.45, 7) is 0. The Labute approximate surface area is 172 Å². The average molecular weight is 470 g/mol. The Morgan fingerprint density at radius 3 is 2.56 bits per heavy atom. The van der Waals surface area contributed by atoms with Crippen molar-refractivity contribution in [1.82, 2.24) is 5.32 Å². The Morgan fingerprint density at radius 1 is 1.19 bits per heavy atom. The fourth-order valence-corrected chi connectivity index (χ4v) is 4.03. The van der Waals surface area contributed by atoms with Gasteiger partial charge in [0.1, 0.15) is 0 Å². The normalized spacial score (nSPS) is 18.6. The molecule has 2 aromatic rings. The lowest BCUT2D eigenvalue weighted by Crippen LogP contribution is -2.25. The zero-order chi connectivity index (χ0) is 19.2. The third-order valence-corrected chi connectivity index (χ3v) is 5.89. The highest BCUT2D eigenvalue weighted by Gasteiger charge is 2.30. The first-order chi connectivity index (χ1) is 13.0. The van der Waals surface area contributed by atoms with Crippen molar-refractivity contribution in [3.05, 3.63) is 64.1 Å². The minimum Gasteiger partial charge on any atom is -0.303 e. The summed E-state index contributed by atoms with van der Waals surface area (Å²) in [7, 11) is 0. The van der Waals surface area contributed by atoms with E-state index in [2.05, 4.69) is 31.4 Å². The van der Waals surface area contributed by atoms with Crippen LogP contribution in [0.4, 0.5) is 8.78 Å². The van der Waals surface area contributed by atoms with Crippen LogP contribution in [0.1, 0.15) is 11.1 Å². The second-order valence-corrected chi connectivity index (χ2v) is 8.69. The fraction of sp³-hybridized carbons (Fsp3) is 0.167.